The van der Waals surface area contributed by atoms with Gasteiger partial charge in [-0.15, -0.1) is 0 Å². The molecule has 1 atom stereocenters. The smallest absolute Gasteiger partial charge is 0.366 e. The number of esters is 1. The highest BCUT2D eigenvalue weighted by Crippen LogP contribution is 2.45. The van der Waals surface area contributed by atoms with Crippen molar-refractivity contribution in [3.8, 4) is 5.75 Å². The third-order valence-electron chi connectivity index (χ3n) is 5.29. The molecule has 6 nitrogen and oxygen atoms in total. The number of ketones is 2. The predicted octanol–water partition coefficient (Wildman–Crippen LogP) is 2.26. The number of carbonyl (C=O) groups is 3. The third-order valence-corrected chi connectivity index (χ3v) is 5.29. The fraction of sp³-hybridized carbons (Fsp3) is 0.318. The molecular weight excluding hydrogens is 358 g/mol. The van der Waals surface area contributed by atoms with Gasteiger partial charge in [0, 0.05) is 11.1 Å². The van der Waals surface area contributed by atoms with Gasteiger partial charge in [-0.3, -0.25) is 9.59 Å². The fourth-order valence-corrected chi connectivity index (χ4v) is 4.11. The van der Waals surface area contributed by atoms with Crippen LogP contribution in [0, 0.1) is 0 Å². The molecule has 2 aromatic rings. The SMILES string of the molecule is COC(=O)C(C1(c2ccc(OC)cc2)C(=O)c2ccccc2C1=O)[N+](C)(C)C. The molecule has 28 heavy (non-hydrogen) atoms. The first-order chi connectivity index (χ1) is 13.2. The summed E-state index contributed by atoms with van der Waals surface area (Å²) >= 11 is 0. The van der Waals surface area contributed by atoms with Crippen molar-refractivity contribution in [3.05, 3.63) is 65.2 Å². The molecule has 0 aliphatic heterocycles. The summed E-state index contributed by atoms with van der Waals surface area (Å²) in [4.78, 5) is 40.4. The number of hydrogen-bond donors (Lipinski definition) is 0. The van der Waals surface area contributed by atoms with E-state index < -0.39 is 17.4 Å². The maximum absolute atomic E-state index is 13.7. The maximum atomic E-state index is 13.7. The van der Waals surface area contributed by atoms with Gasteiger partial charge in [-0.1, -0.05) is 36.4 Å². The fourth-order valence-electron chi connectivity index (χ4n) is 4.11. The van der Waals surface area contributed by atoms with Gasteiger partial charge in [0.1, 0.15) is 5.75 Å². The second-order valence-corrected chi connectivity index (χ2v) is 7.78. The number of methoxy groups -OCH3 is 2. The zero-order chi connectivity index (χ0) is 20.7. The van der Waals surface area contributed by atoms with Crippen molar-refractivity contribution in [2.24, 2.45) is 0 Å². The summed E-state index contributed by atoms with van der Waals surface area (Å²) < 4.78 is 10.3. The number of fused-ring (bicyclic) bond motifs is 1. The minimum Gasteiger partial charge on any atom is -0.497 e. The van der Waals surface area contributed by atoms with Crippen molar-refractivity contribution < 1.29 is 28.3 Å². The molecule has 0 radical (unpaired) electrons. The van der Waals surface area contributed by atoms with Crippen LogP contribution in [0.1, 0.15) is 26.3 Å². The summed E-state index contributed by atoms with van der Waals surface area (Å²) in [7, 11) is 8.13. The molecule has 146 valence electrons. The van der Waals surface area contributed by atoms with E-state index in [1.807, 2.05) is 0 Å². The summed E-state index contributed by atoms with van der Waals surface area (Å²) in [6, 6.07) is 12.3. The van der Waals surface area contributed by atoms with E-state index in [-0.39, 0.29) is 16.0 Å². The zero-order valence-electron chi connectivity index (χ0n) is 16.7. The number of carbonyl (C=O) groups excluding carboxylic acids is 3. The number of hydrogen-bond acceptors (Lipinski definition) is 5. The lowest BCUT2D eigenvalue weighted by Gasteiger charge is -2.41. The Bertz CT molecular complexity index is 905. The highest BCUT2D eigenvalue weighted by atomic mass is 16.5. The van der Waals surface area contributed by atoms with E-state index in [2.05, 4.69) is 0 Å². The number of benzene rings is 2. The molecule has 0 aromatic heterocycles. The molecule has 1 unspecified atom stereocenters. The Labute approximate surface area is 164 Å². The summed E-state index contributed by atoms with van der Waals surface area (Å²) in [6.07, 6.45) is 0. The Balaban J connectivity index is 2.37. The van der Waals surface area contributed by atoms with Crippen molar-refractivity contribution in [1.82, 2.24) is 0 Å². The van der Waals surface area contributed by atoms with Gasteiger partial charge in [0.2, 0.25) is 6.04 Å². The van der Waals surface area contributed by atoms with Crippen LogP contribution in [0.3, 0.4) is 0 Å². The van der Waals surface area contributed by atoms with Gasteiger partial charge in [-0.05, 0) is 17.7 Å². The molecule has 1 aliphatic rings. The van der Waals surface area contributed by atoms with Gasteiger partial charge < -0.3 is 14.0 Å². The molecule has 0 bridgehead atoms. The monoisotopic (exact) mass is 382 g/mol. The number of likely N-dealkylation sites (N-methyl/N-ethyl adjacent to an activating group) is 1. The van der Waals surface area contributed by atoms with Gasteiger partial charge >= 0.3 is 5.97 Å². The van der Waals surface area contributed by atoms with Crippen LogP contribution in [0.25, 0.3) is 0 Å². The van der Waals surface area contributed by atoms with Gasteiger partial charge in [-0.25, -0.2) is 4.79 Å². The molecule has 0 spiro atoms. The predicted molar refractivity (Wildman–Crippen MR) is 104 cm³/mol. The first kappa shape index (κ1) is 19.8. The Hall–Kier alpha value is -2.99. The third kappa shape index (κ3) is 2.72. The van der Waals surface area contributed by atoms with Crippen LogP contribution in [-0.2, 0) is 14.9 Å². The summed E-state index contributed by atoms with van der Waals surface area (Å²) in [5, 5.41) is 0. The molecule has 6 heteroatoms. The minimum absolute atomic E-state index is 0.0458. The Morgan fingerprint density at radius 1 is 0.893 bits per heavy atom. The molecule has 0 N–H and O–H groups in total. The van der Waals surface area contributed by atoms with Crippen molar-refractivity contribution in [3.63, 3.8) is 0 Å². The molecule has 0 saturated heterocycles. The number of Topliss-reactive ketones (excluding diaryl/α,β-unsaturated/α-hetero) is 2. The quantitative estimate of drug-likeness (QED) is 0.451. The van der Waals surface area contributed by atoms with Crippen LogP contribution in [-0.4, -0.2) is 63.4 Å². The average molecular weight is 382 g/mol. The van der Waals surface area contributed by atoms with E-state index in [4.69, 9.17) is 9.47 Å². The number of nitrogens with zero attached hydrogens (tertiary/aromatic N) is 1. The van der Waals surface area contributed by atoms with Crippen molar-refractivity contribution >= 4 is 17.5 Å². The summed E-state index contributed by atoms with van der Waals surface area (Å²) in [5.74, 6) is -0.796. The van der Waals surface area contributed by atoms with Crippen LogP contribution in [0.5, 0.6) is 5.75 Å². The van der Waals surface area contributed by atoms with Gasteiger partial charge in [0.25, 0.3) is 0 Å². The van der Waals surface area contributed by atoms with Crippen LogP contribution in [0.15, 0.2) is 48.5 Å². The number of ether oxygens (including phenoxy) is 2. The lowest BCUT2D eigenvalue weighted by molar-refractivity contribution is -0.889. The van der Waals surface area contributed by atoms with Crippen LogP contribution in [0.2, 0.25) is 0 Å². The first-order valence-electron chi connectivity index (χ1n) is 8.91. The van der Waals surface area contributed by atoms with E-state index in [0.29, 0.717) is 22.4 Å². The maximum Gasteiger partial charge on any atom is 0.366 e. The number of quaternary nitrogens is 1. The van der Waals surface area contributed by atoms with Crippen molar-refractivity contribution in [2.45, 2.75) is 11.5 Å². The lowest BCUT2D eigenvalue weighted by atomic mass is 9.69. The molecule has 3 rings (SSSR count). The topological polar surface area (TPSA) is 69.7 Å². The molecule has 0 amide bonds. The second kappa shape index (κ2) is 6.87. The first-order valence-corrected chi connectivity index (χ1v) is 8.91. The van der Waals surface area contributed by atoms with Gasteiger partial charge in [0.05, 0.1) is 35.4 Å². The Morgan fingerprint density at radius 3 is 1.79 bits per heavy atom. The zero-order valence-corrected chi connectivity index (χ0v) is 16.7. The molecule has 0 saturated carbocycles. The van der Waals surface area contributed by atoms with Crippen LogP contribution >= 0.6 is 0 Å². The highest BCUT2D eigenvalue weighted by Gasteiger charge is 2.66. The van der Waals surface area contributed by atoms with Crippen LogP contribution < -0.4 is 4.74 Å². The number of rotatable bonds is 5. The van der Waals surface area contributed by atoms with E-state index >= 15 is 0 Å². The minimum atomic E-state index is -1.71. The Kier molecular flexibility index (Phi) is 4.85. The summed E-state index contributed by atoms with van der Waals surface area (Å²) in [6.45, 7) is 0. The summed E-state index contributed by atoms with van der Waals surface area (Å²) in [5.41, 5.74) is -0.610. The highest BCUT2D eigenvalue weighted by molar-refractivity contribution is 6.35. The van der Waals surface area contributed by atoms with Crippen molar-refractivity contribution in [2.75, 3.05) is 35.4 Å². The Morgan fingerprint density at radius 2 is 1.39 bits per heavy atom. The molecular formula is C22H24NO5+. The standard InChI is InChI=1S/C22H24NO5/c1-23(2,3)18(21(26)28-5)22(14-10-12-15(27-4)13-11-14)19(24)16-8-6-7-9-17(16)20(22)25/h6-13,18H,1-5H3/q+1. The van der Waals surface area contributed by atoms with Crippen molar-refractivity contribution in [1.29, 1.82) is 0 Å². The van der Waals surface area contributed by atoms with E-state index in [9.17, 15) is 14.4 Å². The molecule has 1 aliphatic carbocycles. The molecule has 0 heterocycles. The van der Waals surface area contributed by atoms with E-state index in [1.54, 1.807) is 69.7 Å². The average Bonchev–Trinajstić information content (AvgIpc) is 2.90. The van der Waals surface area contributed by atoms with Gasteiger partial charge in [-0.2, -0.15) is 0 Å². The molecule has 2 aromatic carbocycles. The lowest BCUT2D eigenvalue weighted by Crippen LogP contribution is -2.65. The van der Waals surface area contributed by atoms with E-state index in [1.165, 1.54) is 14.2 Å². The normalized spacial score (nSPS) is 16.5. The molecule has 0 fully saturated rings. The van der Waals surface area contributed by atoms with E-state index in [0.717, 1.165) is 0 Å². The largest absolute Gasteiger partial charge is 0.497 e. The van der Waals surface area contributed by atoms with Crippen LogP contribution in [0.4, 0.5) is 0 Å². The second-order valence-electron chi connectivity index (χ2n) is 7.78. The van der Waals surface area contributed by atoms with Gasteiger partial charge in [0.15, 0.2) is 17.0 Å².